The first-order valence-electron chi connectivity index (χ1n) is 6.82. The molecule has 0 saturated carbocycles. The number of aromatic nitrogens is 2. The van der Waals surface area contributed by atoms with Crippen LogP contribution in [0.25, 0.3) is 0 Å². The lowest BCUT2D eigenvalue weighted by molar-refractivity contribution is 0.646. The van der Waals surface area contributed by atoms with Gasteiger partial charge in [-0.1, -0.05) is 18.3 Å². The molecule has 1 saturated heterocycles. The molecule has 0 unspecified atom stereocenters. The number of hydrogen-bond donors (Lipinski definition) is 1. The number of H-pyrrole nitrogens is 1. The van der Waals surface area contributed by atoms with Crippen molar-refractivity contribution < 1.29 is 0 Å². The van der Waals surface area contributed by atoms with Gasteiger partial charge in [-0.3, -0.25) is 0 Å². The third-order valence-electron chi connectivity index (χ3n) is 3.64. The third-order valence-corrected chi connectivity index (χ3v) is 3.97. The van der Waals surface area contributed by atoms with E-state index >= 15 is 0 Å². The smallest absolute Gasteiger partial charge is 0.128 e. The molecule has 0 radical (unpaired) electrons. The molecule has 1 aliphatic rings. The van der Waals surface area contributed by atoms with Crippen molar-refractivity contribution in [2.24, 2.45) is 0 Å². The van der Waals surface area contributed by atoms with Crippen LogP contribution in [0.15, 0.2) is 36.7 Å². The highest BCUT2D eigenvalue weighted by Gasteiger charge is 2.20. The molecule has 21 heavy (non-hydrogen) atoms. The number of piperazine rings is 1. The summed E-state index contributed by atoms with van der Waals surface area (Å²) in [4.78, 5) is 11.8. The van der Waals surface area contributed by atoms with E-state index in [0.29, 0.717) is 10.2 Å². The lowest BCUT2D eigenvalue weighted by atomic mass is 10.2. The Labute approximate surface area is 128 Å². The monoisotopic (exact) mass is 297 g/mol. The quantitative estimate of drug-likeness (QED) is 0.862. The van der Waals surface area contributed by atoms with Crippen molar-refractivity contribution in [1.82, 2.24) is 9.97 Å². The molecule has 3 heterocycles. The Morgan fingerprint density at radius 3 is 2.57 bits per heavy atom. The van der Waals surface area contributed by atoms with Gasteiger partial charge in [-0.15, -0.1) is 0 Å². The van der Waals surface area contributed by atoms with Gasteiger partial charge in [0.15, 0.2) is 0 Å². The molecular formula is C15H15N5S. The summed E-state index contributed by atoms with van der Waals surface area (Å²) in [6, 6.07) is 10.1. The van der Waals surface area contributed by atoms with E-state index in [4.69, 9.17) is 12.2 Å². The van der Waals surface area contributed by atoms with E-state index in [1.165, 1.54) is 0 Å². The Morgan fingerprint density at radius 2 is 1.90 bits per heavy atom. The molecular weight excluding hydrogens is 282 g/mol. The molecule has 106 valence electrons. The highest BCUT2D eigenvalue weighted by molar-refractivity contribution is 7.71. The van der Waals surface area contributed by atoms with Gasteiger partial charge in [0.2, 0.25) is 0 Å². The van der Waals surface area contributed by atoms with Crippen molar-refractivity contribution in [1.29, 1.82) is 5.26 Å². The van der Waals surface area contributed by atoms with E-state index in [-0.39, 0.29) is 0 Å². The molecule has 6 heteroatoms. The SMILES string of the molecule is N#Cc1c(N2CCN(c3ccccn3)CC2)cc[nH]c1=S. The van der Waals surface area contributed by atoms with Crippen LogP contribution in [0.1, 0.15) is 5.56 Å². The third kappa shape index (κ3) is 2.73. The van der Waals surface area contributed by atoms with E-state index in [9.17, 15) is 5.26 Å². The van der Waals surface area contributed by atoms with E-state index < -0.39 is 0 Å². The first-order chi connectivity index (χ1) is 10.3. The van der Waals surface area contributed by atoms with Crippen LogP contribution in [-0.4, -0.2) is 36.1 Å². The van der Waals surface area contributed by atoms with Gasteiger partial charge < -0.3 is 14.8 Å². The molecule has 1 aliphatic heterocycles. The van der Waals surface area contributed by atoms with Crippen LogP contribution >= 0.6 is 12.2 Å². The zero-order valence-electron chi connectivity index (χ0n) is 11.5. The maximum absolute atomic E-state index is 9.28. The lowest BCUT2D eigenvalue weighted by Crippen LogP contribution is -2.47. The van der Waals surface area contributed by atoms with E-state index in [1.54, 1.807) is 6.20 Å². The predicted octanol–water partition coefficient (Wildman–Crippen LogP) is 2.34. The minimum absolute atomic E-state index is 0.502. The summed E-state index contributed by atoms with van der Waals surface area (Å²) in [6.45, 7) is 3.47. The lowest BCUT2D eigenvalue weighted by Gasteiger charge is -2.37. The molecule has 1 fully saturated rings. The largest absolute Gasteiger partial charge is 0.367 e. The van der Waals surface area contributed by atoms with Gasteiger partial charge in [0.25, 0.3) is 0 Å². The molecule has 2 aromatic rings. The first-order valence-corrected chi connectivity index (χ1v) is 7.23. The van der Waals surface area contributed by atoms with Crippen LogP contribution in [-0.2, 0) is 0 Å². The van der Waals surface area contributed by atoms with Crippen LogP contribution < -0.4 is 9.80 Å². The molecule has 5 nitrogen and oxygen atoms in total. The Morgan fingerprint density at radius 1 is 1.14 bits per heavy atom. The summed E-state index contributed by atoms with van der Waals surface area (Å²) in [6.07, 6.45) is 3.61. The molecule has 0 amide bonds. The van der Waals surface area contributed by atoms with Gasteiger partial charge in [0.1, 0.15) is 22.1 Å². The van der Waals surface area contributed by atoms with Crippen molar-refractivity contribution >= 4 is 23.7 Å². The fourth-order valence-corrected chi connectivity index (χ4v) is 2.78. The number of nitrogens with one attached hydrogen (secondary N) is 1. The average molecular weight is 297 g/mol. The van der Waals surface area contributed by atoms with Gasteiger partial charge in [0, 0.05) is 38.6 Å². The molecule has 2 aromatic heterocycles. The first kappa shape index (κ1) is 13.6. The van der Waals surface area contributed by atoms with E-state index in [2.05, 4.69) is 25.8 Å². The fourth-order valence-electron chi connectivity index (χ4n) is 2.56. The van der Waals surface area contributed by atoms with Crippen molar-refractivity contribution in [3.8, 4) is 6.07 Å². The van der Waals surface area contributed by atoms with Gasteiger partial charge in [-0.25, -0.2) is 4.98 Å². The van der Waals surface area contributed by atoms with Crippen molar-refractivity contribution in [3.05, 3.63) is 46.9 Å². The van der Waals surface area contributed by atoms with Gasteiger partial charge in [0.05, 0.1) is 5.69 Å². The molecule has 0 atom stereocenters. The molecule has 1 N–H and O–H groups in total. The maximum Gasteiger partial charge on any atom is 0.128 e. The summed E-state index contributed by atoms with van der Waals surface area (Å²) < 4.78 is 0.502. The zero-order chi connectivity index (χ0) is 14.7. The normalized spacial score (nSPS) is 14.8. The van der Waals surface area contributed by atoms with Crippen molar-refractivity contribution in [2.45, 2.75) is 0 Å². The van der Waals surface area contributed by atoms with Crippen LogP contribution in [0.4, 0.5) is 11.5 Å². The number of pyridine rings is 2. The fraction of sp³-hybridized carbons (Fsp3) is 0.267. The molecule has 0 aliphatic carbocycles. The summed E-state index contributed by atoms with van der Waals surface area (Å²) in [5, 5.41) is 9.28. The minimum Gasteiger partial charge on any atom is -0.367 e. The highest BCUT2D eigenvalue weighted by atomic mass is 32.1. The minimum atomic E-state index is 0.502. The molecule has 3 rings (SSSR count). The second-order valence-electron chi connectivity index (χ2n) is 4.84. The van der Waals surface area contributed by atoms with Crippen LogP contribution in [0.2, 0.25) is 0 Å². The molecule has 0 bridgehead atoms. The Balaban J connectivity index is 1.77. The Kier molecular flexibility index (Phi) is 3.84. The molecule has 0 aromatic carbocycles. The Hall–Kier alpha value is -2.39. The summed E-state index contributed by atoms with van der Waals surface area (Å²) in [7, 11) is 0. The second-order valence-corrected chi connectivity index (χ2v) is 5.25. The number of rotatable bonds is 2. The van der Waals surface area contributed by atoms with Crippen LogP contribution in [0.5, 0.6) is 0 Å². The average Bonchev–Trinajstić information content (AvgIpc) is 2.55. The summed E-state index contributed by atoms with van der Waals surface area (Å²) in [5.74, 6) is 1.00. The van der Waals surface area contributed by atoms with Crippen molar-refractivity contribution in [3.63, 3.8) is 0 Å². The number of nitrogens with zero attached hydrogens (tertiary/aromatic N) is 4. The zero-order valence-corrected chi connectivity index (χ0v) is 12.3. The van der Waals surface area contributed by atoms with Gasteiger partial charge >= 0.3 is 0 Å². The maximum atomic E-state index is 9.28. The van der Waals surface area contributed by atoms with E-state index in [1.807, 2.05) is 30.5 Å². The number of aromatic amines is 1. The summed E-state index contributed by atoms with van der Waals surface area (Å²) >= 11 is 5.18. The standard InChI is InChI=1S/C15H15N5S/c16-11-12-13(4-6-18-15(12)21)19-7-9-20(10-8-19)14-3-1-2-5-17-14/h1-6H,7-10H2,(H,18,21). The van der Waals surface area contributed by atoms with Crippen LogP contribution in [0.3, 0.4) is 0 Å². The summed E-state index contributed by atoms with van der Waals surface area (Å²) in [5.41, 5.74) is 1.47. The van der Waals surface area contributed by atoms with Crippen LogP contribution in [0, 0.1) is 16.0 Å². The second kappa shape index (κ2) is 5.94. The van der Waals surface area contributed by atoms with E-state index in [0.717, 1.165) is 37.7 Å². The Bertz CT molecular complexity index is 711. The highest BCUT2D eigenvalue weighted by Crippen LogP contribution is 2.22. The number of nitriles is 1. The molecule has 0 spiro atoms. The topological polar surface area (TPSA) is 59.0 Å². The van der Waals surface area contributed by atoms with Gasteiger partial charge in [-0.2, -0.15) is 5.26 Å². The van der Waals surface area contributed by atoms with Crippen molar-refractivity contribution in [2.75, 3.05) is 36.0 Å². The predicted molar refractivity (Wildman–Crippen MR) is 85.0 cm³/mol. The number of anilines is 2. The number of hydrogen-bond acceptors (Lipinski definition) is 5. The van der Waals surface area contributed by atoms with Gasteiger partial charge in [-0.05, 0) is 18.2 Å².